The lowest BCUT2D eigenvalue weighted by molar-refractivity contribution is 0.0935. The van der Waals surface area contributed by atoms with Crippen molar-refractivity contribution in [1.82, 2.24) is 19.8 Å². The standard InChI is InChI=1S/C21H29FN4O4S/c1-3-23-20(27)25(4-2)13-17-12-24-21(26(17)14-18-9-7-11-30-18)31(28,29)15-16-8-5-6-10-19(16)22/h5-6,8,10,12,18H,3-4,7,9,11,13-15H2,1-2H3,(H,23,27)/t18-/m0/s1. The Hall–Kier alpha value is -2.46. The van der Waals surface area contributed by atoms with Gasteiger partial charge in [-0.15, -0.1) is 0 Å². The van der Waals surface area contributed by atoms with Crippen LogP contribution in [0.2, 0.25) is 0 Å². The van der Waals surface area contributed by atoms with Crippen LogP contribution in [0.3, 0.4) is 0 Å². The smallest absolute Gasteiger partial charge is 0.317 e. The predicted molar refractivity (Wildman–Crippen MR) is 114 cm³/mol. The highest BCUT2D eigenvalue weighted by Crippen LogP contribution is 2.23. The van der Waals surface area contributed by atoms with Crippen LogP contribution in [0.1, 0.15) is 37.9 Å². The van der Waals surface area contributed by atoms with Gasteiger partial charge < -0.3 is 19.5 Å². The number of carbonyl (C=O) groups excluding carboxylic acids is 1. The van der Waals surface area contributed by atoms with Crippen molar-refractivity contribution in [2.45, 2.75) is 56.8 Å². The van der Waals surface area contributed by atoms with Crippen LogP contribution in [0.25, 0.3) is 0 Å². The first-order chi connectivity index (χ1) is 14.9. The molecule has 0 unspecified atom stereocenters. The van der Waals surface area contributed by atoms with E-state index < -0.39 is 21.4 Å². The maximum atomic E-state index is 14.1. The van der Waals surface area contributed by atoms with Crippen LogP contribution in [-0.2, 0) is 33.4 Å². The second-order valence-corrected chi connectivity index (χ2v) is 9.36. The molecule has 0 aliphatic carbocycles. The third-order valence-corrected chi connectivity index (χ3v) is 6.82. The number of benzene rings is 1. The normalized spacial score (nSPS) is 16.4. The molecule has 0 radical (unpaired) electrons. The minimum Gasteiger partial charge on any atom is -0.376 e. The van der Waals surface area contributed by atoms with Gasteiger partial charge in [-0.05, 0) is 32.8 Å². The summed E-state index contributed by atoms with van der Waals surface area (Å²) in [6.07, 6.45) is 3.07. The number of amides is 2. The van der Waals surface area contributed by atoms with Crippen molar-refractivity contribution in [1.29, 1.82) is 0 Å². The first-order valence-corrected chi connectivity index (χ1v) is 12.2. The van der Waals surface area contributed by atoms with Crippen LogP contribution in [-0.4, -0.2) is 54.7 Å². The number of aromatic nitrogens is 2. The second-order valence-electron chi connectivity index (χ2n) is 7.48. The van der Waals surface area contributed by atoms with Crippen LogP contribution in [0.15, 0.2) is 35.6 Å². The molecule has 2 aromatic rings. The van der Waals surface area contributed by atoms with Crippen molar-refractivity contribution < 1.29 is 22.3 Å². The Bertz CT molecular complexity index is 1000. The highest BCUT2D eigenvalue weighted by Gasteiger charge is 2.28. The van der Waals surface area contributed by atoms with E-state index in [4.69, 9.17) is 4.74 Å². The molecule has 0 bridgehead atoms. The maximum absolute atomic E-state index is 14.1. The summed E-state index contributed by atoms with van der Waals surface area (Å²) >= 11 is 0. The van der Waals surface area contributed by atoms with E-state index in [-0.39, 0.29) is 29.4 Å². The predicted octanol–water partition coefficient (Wildman–Crippen LogP) is 2.73. The van der Waals surface area contributed by atoms with E-state index in [1.807, 2.05) is 13.8 Å². The van der Waals surface area contributed by atoms with E-state index in [0.29, 0.717) is 31.9 Å². The number of carbonyl (C=O) groups is 1. The van der Waals surface area contributed by atoms with Crippen molar-refractivity contribution in [3.8, 4) is 0 Å². The number of sulfone groups is 1. The highest BCUT2D eigenvalue weighted by atomic mass is 32.2. The van der Waals surface area contributed by atoms with Gasteiger partial charge in [0.25, 0.3) is 0 Å². The first-order valence-electron chi connectivity index (χ1n) is 10.5. The molecule has 0 spiro atoms. The van der Waals surface area contributed by atoms with Crippen LogP contribution in [0.5, 0.6) is 0 Å². The Kier molecular flexibility index (Phi) is 7.66. The van der Waals surface area contributed by atoms with Crippen molar-refractivity contribution in [3.63, 3.8) is 0 Å². The highest BCUT2D eigenvalue weighted by molar-refractivity contribution is 7.90. The van der Waals surface area contributed by atoms with E-state index in [1.54, 1.807) is 15.5 Å². The zero-order valence-electron chi connectivity index (χ0n) is 17.9. The SMILES string of the molecule is CCNC(=O)N(CC)Cc1cnc(S(=O)(=O)Cc2ccccc2F)n1C[C@@H]1CCCO1. The number of urea groups is 1. The molecular formula is C21H29FN4O4S. The Morgan fingerprint density at radius 3 is 2.77 bits per heavy atom. The number of rotatable bonds is 9. The quantitative estimate of drug-likeness (QED) is 0.631. The van der Waals surface area contributed by atoms with E-state index in [0.717, 1.165) is 12.8 Å². The van der Waals surface area contributed by atoms with Gasteiger partial charge >= 0.3 is 6.03 Å². The van der Waals surface area contributed by atoms with E-state index in [1.165, 1.54) is 24.4 Å². The molecule has 170 valence electrons. The van der Waals surface area contributed by atoms with E-state index in [9.17, 15) is 17.6 Å². The summed E-state index contributed by atoms with van der Waals surface area (Å²) in [5, 5.41) is 2.63. The third-order valence-electron chi connectivity index (χ3n) is 5.24. The van der Waals surface area contributed by atoms with Gasteiger partial charge in [-0.2, -0.15) is 0 Å². The van der Waals surface area contributed by atoms with Crippen LogP contribution < -0.4 is 5.32 Å². The Balaban J connectivity index is 1.93. The summed E-state index contributed by atoms with van der Waals surface area (Å²) in [5.74, 6) is -1.06. The molecular weight excluding hydrogens is 423 g/mol. The van der Waals surface area contributed by atoms with Gasteiger partial charge in [0.15, 0.2) is 0 Å². The molecule has 1 aliphatic rings. The summed E-state index contributed by atoms with van der Waals surface area (Å²) in [4.78, 5) is 18.1. The summed E-state index contributed by atoms with van der Waals surface area (Å²) < 4.78 is 47.7. The van der Waals surface area contributed by atoms with Gasteiger partial charge in [-0.3, -0.25) is 0 Å². The van der Waals surface area contributed by atoms with Gasteiger partial charge in [-0.1, -0.05) is 18.2 Å². The fourth-order valence-corrected chi connectivity index (χ4v) is 5.14. The first kappa shape index (κ1) is 23.2. The fraction of sp³-hybridized carbons (Fsp3) is 0.524. The lowest BCUT2D eigenvalue weighted by Crippen LogP contribution is -2.39. The van der Waals surface area contributed by atoms with Gasteiger partial charge in [-0.25, -0.2) is 22.6 Å². The number of imidazole rings is 1. The molecule has 0 saturated carbocycles. The molecule has 1 saturated heterocycles. The lowest BCUT2D eigenvalue weighted by atomic mass is 10.2. The maximum Gasteiger partial charge on any atom is 0.317 e. The Morgan fingerprint density at radius 1 is 1.35 bits per heavy atom. The van der Waals surface area contributed by atoms with Crippen molar-refractivity contribution in [3.05, 3.63) is 47.5 Å². The van der Waals surface area contributed by atoms with Crippen molar-refractivity contribution >= 4 is 15.9 Å². The molecule has 2 heterocycles. The van der Waals surface area contributed by atoms with Crippen molar-refractivity contribution in [2.75, 3.05) is 19.7 Å². The Morgan fingerprint density at radius 2 is 2.13 bits per heavy atom. The third kappa shape index (κ3) is 5.62. The topological polar surface area (TPSA) is 93.5 Å². The molecule has 10 heteroatoms. The zero-order chi connectivity index (χ0) is 22.4. The summed E-state index contributed by atoms with van der Waals surface area (Å²) in [6, 6.07) is 5.58. The summed E-state index contributed by atoms with van der Waals surface area (Å²) in [7, 11) is -3.92. The number of hydrogen-bond donors (Lipinski definition) is 1. The molecule has 8 nitrogen and oxygen atoms in total. The average Bonchev–Trinajstić information content (AvgIpc) is 3.38. The molecule has 31 heavy (non-hydrogen) atoms. The minimum absolute atomic E-state index is 0.0909. The summed E-state index contributed by atoms with van der Waals surface area (Å²) in [6.45, 7) is 5.78. The number of nitrogens with one attached hydrogen (secondary N) is 1. The molecule has 1 N–H and O–H groups in total. The minimum atomic E-state index is -3.92. The molecule has 3 rings (SSSR count). The van der Waals surface area contributed by atoms with Gasteiger partial charge in [0.1, 0.15) is 5.82 Å². The molecule has 1 atom stereocenters. The molecule has 1 aromatic heterocycles. The second kappa shape index (κ2) is 10.2. The van der Waals surface area contributed by atoms with Crippen LogP contribution in [0.4, 0.5) is 9.18 Å². The number of nitrogens with zero attached hydrogens (tertiary/aromatic N) is 3. The van der Waals surface area contributed by atoms with Crippen LogP contribution >= 0.6 is 0 Å². The average molecular weight is 453 g/mol. The fourth-order valence-electron chi connectivity index (χ4n) is 3.62. The van der Waals surface area contributed by atoms with Gasteiger partial charge in [0.05, 0.1) is 36.8 Å². The number of halogens is 1. The van der Waals surface area contributed by atoms with Gasteiger partial charge in [0.2, 0.25) is 15.0 Å². The monoisotopic (exact) mass is 452 g/mol. The van der Waals surface area contributed by atoms with E-state index in [2.05, 4.69) is 10.3 Å². The van der Waals surface area contributed by atoms with Crippen molar-refractivity contribution in [2.24, 2.45) is 0 Å². The number of hydrogen-bond acceptors (Lipinski definition) is 5. The zero-order valence-corrected chi connectivity index (χ0v) is 18.7. The van der Waals surface area contributed by atoms with Crippen LogP contribution in [0, 0.1) is 5.82 Å². The van der Waals surface area contributed by atoms with E-state index >= 15 is 0 Å². The largest absolute Gasteiger partial charge is 0.376 e. The number of ether oxygens (including phenoxy) is 1. The Labute approximate surface area is 182 Å². The lowest BCUT2D eigenvalue weighted by Gasteiger charge is -2.23. The molecule has 2 amide bonds. The molecule has 1 aliphatic heterocycles. The molecule has 1 fully saturated rings. The summed E-state index contributed by atoms with van der Waals surface area (Å²) in [5.41, 5.74) is 0.684. The molecule has 1 aromatic carbocycles. The van der Waals surface area contributed by atoms with Gasteiger partial charge in [0, 0.05) is 25.3 Å².